The van der Waals surface area contributed by atoms with E-state index in [-0.39, 0.29) is 38.7 Å². The number of amides is 2. The van der Waals surface area contributed by atoms with Crippen molar-refractivity contribution in [3.63, 3.8) is 0 Å². The van der Waals surface area contributed by atoms with Crippen molar-refractivity contribution in [2.75, 3.05) is 39.3 Å². The molecular weight excluding hydrogens is 657 g/mol. The number of rotatable bonds is 13. The molecule has 11 nitrogen and oxygen atoms in total. The first-order chi connectivity index (χ1) is 21.6. The van der Waals surface area contributed by atoms with Crippen LogP contribution in [0.5, 0.6) is 23.0 Å². The number of anilines is 1. The largest absolute Gasteiger partial charge is 0.497 e. The Balaban J connectivity index is 2.21. The molecule has 1 N–H and O–H groups in total. The highest BCUT2D eigenvalue weighted by Gasteiger charge is 2.35. The first-order valence-corrected chi connectivity index (χ1v) is 16.3. The van der Waals surface area contributed by atoms with E-state index in [9.17, 15) is 18.0 Å². The van der Waals surface area contributed by atoms with Gasteiger partial charge in [-0.1, -0.05) is 29.3 Å². The first-order valence-electron chi connectivity index (χ1n) is 14.1. The van der Waals surface area contributed by atoms with Crippen LogP contribution in [0.15, 0.2) is 59.5 Å². The van der Waals surface area contributed by atoms with Gasteiger partial charge in [0.05, 0.1) is 39.0 Å². The summed E-state index contributed by atoms with van der Waals surface area (Å²) < 4.78 is 51.3. The SMILES string of the molecule is COc1ccc(OC)c(N(CC(=O)N(Cc2c(Cl)cccc2Cl)C(C)C(=O)NC(C)(C)C)S(=O)(=O)c2ccc(OC)c(OC)c2)c1. The highest BCUT2D eigenvalue weighted by molar-refractivity contribution is 7.92. The number of nitrogens with zero attached hydrogens (tertiary/aromatic N) is 2. The summed E-state index contributed by atoms with van der Waals surface area (Å²) in [7, 11) is 1.10. The van der Waals surface area contributed by atoms with Crippen LogP contribution in [0.4, 0.5) is 5.69 Å². The molecule has 0 bridgehead atoms. The van der Waals surface area contributed by atoms with Gasteiger partial charge in [-0.2, -0.15) is 0 Å². The van der Waals surface area contributed by atoms with Crippen LogP contribution in [0.2, 0.25) is 10.0 Å². The van der Waals surface area contributed by atoms with Crippen LogP contribution < -0.4 is 28.6 Å². The van der Waals surface area contributed by atoms with Gasteiger partial charge >= 0.3 is 0 Å². The normalized spacial score (nSPS) is 12.1. The maximum Gasteiger partial charge on any atom is 0.265 e. The second-order valence-electron chi connectivity index (χ2n) is 11.2. The van der Waals surface area contributed by atoms with Crippen molar-refractivity contribution in [1.82, 2.24) is 10.2 Å². The van der Waals surface area contributed by atoms with E-state index < -0.39 is 40.0 Å². The second-order valence-corrected chi connectivity index (χ2v) is 13.9. The highest BCUT2D eigenvalue weighted by atomic mass is 35.5. The Labute approximate surface area is 280 Å². The molecule has 46 heavy (non-hydrogen) atoms. The van der Waals surface area contributed by atoms with Gasteiger partial charge in [-0.25, -0.2) is 8.42 Å². The van der Waals surface area contributed by atoms with Crippen molar-refractivity contribution in [2.45, 2.75) is 50.7 Å². The molecule has 0 radical (unpaired) electrons. The maximum absolute atomic E-state index is 14.4. The third-order valence-corrected chi connectivity index (χ3v) is 9.40. The zero-order chi connectivity index (χ0) is 34.4. The number of ether oxygens (including phenoxy) is 4. The molecule has 0 heterocycles. The molecule has 14 heteroatoms. The fraction of sp³-hybridized carbons (Fsp3) is 0.375. The Morgan fingerprint density at radius 3 is 1.98 bits per heavy atom. The number of halogens is 2. The first kappa shape index (κ1) is 36.6. The summed E-state index contributed by atoms with van der Waals surface area (Å²) >= 11 is 12.9. The van der Waals surface area contributed by atoms with Crippen molar-refractivity contribution in [3.8, 4) is 23.0 Å². The topological polar surface area (TPSA) is 124 Å². The molecule has 0 saturated carbocycles. The molecule has 3 aromatic rings. The zero-order valence-corrected chi connectivity index (χ0v) is 29.3. The van der Waals surface area contributed by atoms with Crippen LogP contribution in [-0.4, -0.2) is 71.7 Å². The van der Waals surface area contributed by atoms with E-state index >= 15 is 0 Å². The van der Waals surface area contributed by atoms with Gasteiger partial charge in [0.1, 0.15) is 24.1 Å². The molecule has 3 aromatic carbocycles. The lowest BCUT2D eigenvalue weighted by Gasteiger charge is -2.34. The van der Waals surface area contributed by atoms with Crippen molar-refractivity contribution in [1.29, 1.82) is 0 Å². The van der Waals surface area contributed by atoms with Gasteiger partial charge in [-0.15, -0.1) is 0 Å². The third-order valence-electron chi connectivity index (χ3n) is 6.93. The average molecular weight is 697 g/mol. The molecule has 0 fully saturated rings. The summed E-state index contributed by atoms with van der Waals surface area (Å²) in [5.74, 6) is -0.247. The van der Waals surface area contributed by atoms with Gasteiger partial charge in [0.15, 0.2) is 11.5 Å². The van der Waals surface area contributed by atoms with E-state index in [1.165, 1.54) is 63.7 Å². The molecule has 0 spiro atoms. The Morgan fingerprint density at radius 2 is 1.43 bits per heavy atom. The summed E-state index contributed by atoms with van der Waals surface area (Å²) in [5, 5.41) is 3.43. The number of hydrogen-bond acceptors (Lipinski definition) is 8. The Kier molecular flexibility index (Phi) is 12.0. The molecule has 0 aliphatic heterocycles. The van der Waals surface area contributed by atoms with Crippen molar-refractivity contribution in [2.24, 2.45) is 0 Å². The summed E-state index contributed by atoms with van der Waals surface area (Å²) in [6.07, 6.45) is 0. The minimum Gasteiger partial charge on any atom is -0.497 e. The van der Waals surface area contributed by atoms with Crippen LogP contribution in [0.25, 0.3) is 0 Å². The molecule has 1 atom stereocenters. The molecule has 0 aliphatic rings. The summed E-state index contributed by atoms with van der Waals surface area (Å²) in [4.78, 5) is 28.8. The molecule has 1 unspecified atom stereocenters. The van der Waals surface area contributed by atoms with Crippen molar-refractivity contribution >= 4 is 50.7 Å². The van der Waals surface area contributed by atoms with Crippen LogP contribution in [-0.2, 0) is 26.2 Å². The monoisotopic (exact) mass is 695 g/mol. The van der Waals surface area contributed by atoms with Gasteiger partial charge in [-0.3, -0.25) is 13.9 Å². The number of hydrogen-bond donors (Lipinski definition) is 1. The average Bonchev–Trinajstić information content (AvgIpc) is 3.01. The maximum atomic E-state index is 14.4. The predicted octanol–water partition coefficient (Wildman–Crippen LogP) is 5.56. The number of carbonyl (C=O) groups excluding carboxylic acids is 2. The Hall–Kier alpha value is -3.87. The zero-order valence-electron chi connectivity index (χ0n) is 27.0. The lowest BCUT2D eigenvalue weighted by atomic mass is 10.1. The molecule has 0 aromatic heterocycles. The van der Waals surface area contributed by atoms with Gasteiger partial charge in [0.25, 0.3) is 10.0 Å². The van der Waals surface area contributed by atoms with E-state index in [0.29, 0.717) is 17.1 Å². The molecule has 3 rings (SSSR count). The van der Waals surface area contributed by atoms with Crippen LogP contribution in [0, 0.1) is 0 Å². The smallest absolute Gasteiger partial charge is 0.265 e. The standard InChI is InChI=1S/C32H39Cl2N3O8S/c1-20(31(39)35-32(2,3)4)36(18-23-24(33)10-9-11-25(23)34)30(38)19-37(26-16-21(42-5)12-14-27(26)43-6)46(40,41)22-13-15-28(44-7)29(17-22)45-8/h9-17,20H,18-19H2,1-8H3,(H,35,39). The Morgan fingerprint density at radius 1 is 0.848 bits per heavy atom. The fourth-order valence-electron chi connectivity index (χ4n) is 4.52. The minimum atomic E-state index is -4.50. The van der Waals surface area contributed by atoms with Crippen LogP contribution in [0.3, 0.4) is 0 Å². The second kappa shape index (κ2) is 15.1. The highest BCUT2D eigenvalue weighted by Crippen LogP contribution is 2.38. The van der Waals surface area contributed by atoms with E-state index in [0.717, 1.165) is 4.31 Å². The van der Waals surface area contributed by atoms with Crippen LogP contribution >= 0.6 is 23.2 Å². The molecule has 2 amide bonds. The number of sulfonamides is 1. The summed E-state index contributed by atoms with van der Waals surface area (Å²) in [6, 6.07) is 12.4. The predicted molar refractivity (Wildman–Crippen MR) is 178 cm³/mol. The molecule has 0 saturated heterocycles. The van der Waals surface area contributed by atoms with Gasteiger partial charge in [0.2, 0.25) is 11.8 Å². The van der Waals surface area contributed by atoms with E-state index in [1.54, 1.807) is 52.0 Å². The number of carbonyl (C=O) groups is 2. The minimum absolute atomic E-state index is 0.0208. The van der Waals surface area contributed by atoms with Crippen molar-refractivity contribution in [3.05, 3.63) is 70.2 Å². The summed E-state index contributed by atoms with van der Waals surface area (Å²) in [5.41, 5.74) is -0.200. The van der Waals surface area contributed by atoms with E-state index in [4.69, 9.17) is 42.1 Å². The van der Waals surface area contributed by atoms with Crippen molar-refractivity contribution < 1.29 is 37.0 Å². The molecular formula is C32H39Cl2N3O8S. The molecule has 250 valence electrons. The van der Waals surface area contributed by atoms with Gasteiger partial charge in [-0.05, 0) is 64.1 Å². The lowest BCUT2D eigenvalue weighted by Crippen LogP contribution is -2.54. The number of nitrogens with one attached hydrogen (secondary N) is 1. The fourth-order valence-corrected chi connectivity index (χ4v) is 6.47. The van der Waals surface area contributed by atoms with E-state index in [1.807, 2.05) is 0 Å². The lowest BCUT2D eigenvalue weighted by molar-refractivity contribution is -0.140. The number of benzene rings is 3. The molecule has 0 aliphatic carbocycles. The van der Waals surface area contributed by atoms with Gasteiger partial charge in [0, 0.05) is 39.8 Å². The third kappa shape index (κ3) is 8.48. The van der Waals surface area contributed by atoms with Gasteiger partial charge < -0.3 is 29.2 Å². The van der Waals surface area contributed by atoms with Crippen LogP contribution in [0.1, 0.15) is 33.3 Å². The number of methoxy groups -OCH3 is 4. The Bertz CT molecular complexity index is 1660. The van der Waals surface area contributed by atoms with E-state index in [2.05, 4.69) is 5.32 Å². The summed E-state index contributed by atoms with van der Waals surface area (Å²) in [6.45, 7) is 6.04. The quantitative estimate of drug-likeness (QED) is 0.247.